The van der Waals surface area contributed by atoms with Crippen LogP contribution in [-0.4, -0.2) is 37.4 Å². The van der Waals surface area contributed by atoms with Crippen molar-refractivity contribution >= 4 is 17.1 Å². The van der Waals surface area contributed by atoms with Gasteiger partial charge in [-0.1, -0.05) is 18.2 Å². The Morgan fingerprint density at radius 1 is 1.07 bits per heavy atom. The monoisotopic (exact) mass is 357 g/mol. The second kappa shape index (κ2) is 6.99. The van der Waals surface area contributed by atoms with Gasteiger partial charge in [0.1, 0.15) is 11.8 Å². The third kappa shape index (κ3) is 3.17. The third-order valence-corrected chi connectivity index (χ3v) is 4.76. The van der Waals surface area contributed by atoms with Crippen LogP contribution in [-0.2, 0) is 0 Å². The molecule has 0 fully saturated rings. The van der Waals surface area contributed by atoms with Gasteiger partial charge in [0.05, 0.1) is 11.6 Å². The predicted octanol–water partition coefficient (Wildman–Crippen LogP) is 3.65. The highest BCUT2D eigenvalue weighted by Gasteiger charge is 2.20. The summed E-state index contributed by atoms with van der Waals surface area (Å²) in [6.07, 6.45) is 6.80. The Morgan fingerprint density at radius 2 is 1.81 bits per heavy atom. The Kier molecular flexibility index (Phi) is 4.38. The van der Waals surface area contributed by atoms with E-state index < -0.39 is 0 Å². The maximum absolute atomic E-state index is 12.9. The molecule has 0 saturated heterocycles. The number of benzene rings is 1. The molecule has 6 nitrogen and oxygen atoms in total. The maximum Gasteiger partial charge on any atom is 0.255 e. The lowest BCUT2D eigenvalue weighted by Gasteiger charge is -2.25. The zero-order chi connectivity index (χ0) is 18.8. The van der Waals surface area contributed by atoms with E-state index >= 15 is 0 Å². The first-order valence-corrected chi connectivity index (χ1v) is 8.71. The molecule has 1 aromatic carbocycles. The van der Waals surface area contributed by atoms with E-state index in [4.69, 9.17) is 0 Å². The van der Waals surface area contributed by atoms with Gasteiger partial charge in [0.2, 0.25) is 0 Å². The van der Waals surface area contributed by atoms with Crippen LogP contribution < -0.4 is 0 Å². The molecule has 134 valence electrons. The van der Waals surface area contributed by atoms with Gasteiger partial charge >= 0.3 is 0 Å². The molecule has 3 heterocycles. The molecule has 1 atom stereocenters. The van der Waals surface area contributed by atoms with Crippen molar-refractivity contribution in [3.8, 4) is 5.69 Å². The van der Waals surface area contributed by atoms with Crippen molar-refractivity contribution in [2.45, 2.75) is 13.0 Å². The highest BCUT2D eigenvalue weighted by atomic mass is 16.2. The number of carbonyl (C=O) groups excluding carboxylic acids is 1. The lowest BCUT2D eigenvalue weighted by atomic mass is 10.1. The molecule has 1 amide bonds. The van der Waals surface area contributed by atoms with Crippen molar-refractivity contribution in [1.29, 1.82) is 0 Å². The smallest absolute Gasteiger partial charge is 0.255 e. The summed E-state index contributed by atoms with van der Waals surface area (Å²) < 4.78 is 1.91. The van der Waals surface area contributed by atoms with Gasteiger partial charge in [0.25, 0.3) is 5.91 Å². The number of hydrogen-bond acceptors (Lipinski definition) is 4. The van der Waals surface area contributed by atoms with E-state index in [1.165, 1.54) is 0 Å². The van der Waals surface area contributed by atoms with Crippen molar-refractivity contribution in [3.05, 3.63) is 84.6 Å². The van der Waals surface area contributed by atoms with Crippen LogP contribution in [0.3, 0.4) is 0 Å². The first-order chi connectivity index (χ1) is 13.1. The highest BCUT2D eigenvalue weighted by molar-refractivity contribution is 5.96. The Hall–Kier alpha value is -3.54. The summed E-state index contributed by atoms with van der Waals surface area (Å²) >= 11 is 0. The topological polar surface area (TPSA) is 63.9 Å². The van der Waals surface area contributed by atoms with E-state index in [1.54, 1.807) is 42.9 Å². The van der Waals surface area contributed by atoms with Crippen molar-refractivity contribution in [3.63, 3.8) is 0 Å². The number of carbonyl (C=O) groups is 1. The van der Waals surface area contributed by atoms with E-state index in [9.17, 15) is 4.79 Å². The van der Waals surface area contributed by atoms with Gasteiger partial charge < -0.3 is 4.90 Å². The zero-order valence-electron chi connectivity index (χ0n) is 15.1. The summed E-state index contributed by atoms with van der Waals surface area (Å²) in [5.41, 5.74) is 3.94. The summed E-state index contributed by atoms with van der Waals surface area (Å²) in [6.45, 7) is 1.99. The first-order valence-electron chi connectivity index (χ1n) is 8.71. The average molecular weight is 357 g/mol. The van der Waals surface area contributed by atoms with Crippen molar-refractivity contribution in [1.82, 2.24) is 24.4 Å². The van der Waals surface area contributed by atoms with E-state index in [2.05, 4.69) is 15.0 Å². The SMILES string of the molecule is CC(c1ccncc1)N(C)C(=O)c1cnc2c(c1)ncn2-c1ccccc1. The van der Waals surface area contributed by atoms with Crippen molar-refractivity contribution < 1.29 is 4.79 Å². The minimum absolute atomic E-state index is 0.0712. The van der Waals surface area contributed by atoms with E-state index in [-0.39, 0.29) is 11.9 Å². The maximum atomic E-state index is 12.9. The Bertz CT molecular complexity index is 1080. The number of amides is 1. The van der Waals surface area contributed by atoms with Crippen LogP contribution in [0.25, 0.3) is 16.9 Å². The molecule has 0 aliphatic carbocycles. The number of aromatic nitrogens is 4. The molecule has 4 aromatic rings. The van der Waals surface area contributed by atoms with Gasteiger partial charge in [-0.3, -0.25) is 14.3 Å². The fourth-order valence-corrected chi connectivity index (χ4v) is 3.04. The van der Waals surface area contributed by atoms with Gasteiger partial charge in [-0.25, -0.2) is 9.97 Å². The standard InChI is InChI=1S/C21H19N5O/c1-15(16-8-10-22-11-9-16)25(2)21(27)17-12-19-20(23-13-17)26(14-24-19)18-6-4-3-5-7-18/h3-15H,1-2H3. The molecule has 3 aromatic heterocycles. The Morgan fingerprint density at radius 3 is 2.56 bits per heavy atom. The molecule has 0 aliphatic heterocycles. The summed E-state index contributed by atoms with van der Waals surface area (Å²) in [5, 5.41) is 0. The van der Waals surface area contributed by atoms with Gasteiger partial charge in [-0.15, -0.1) is 0 Å². The molecule has 0 N–H and O–H groups in total. The van der Waals surface area contributed by atoms with Gasteiger partial charge in [-0.2, -0.15) is 0 Å². The Balaban J connectivity index is 1.63. The van der Waals surface area contributed by atoms with Crippen molar-refractivity contribution in [2.24, 2.45) is 0 Å². The summed E-state index contributed by atoms with van der Waals surface area (Å²) in [5.74, 6) is -0.0945. The number of hydrogen-bond donors (Lipinski definition) is 0. The van der Waals surface area contributed by atoms with E-state index in [1.807, 2.05) is 54.0 Å². The van der Waals surface area contributed by atoms with Crippen LogP contribution in [0.4, 0.5) is 0 Å². The number of rotatable bonds is 4. The van der Waals surface area contributed by atoms with E-state index in [0.29, 0.717) is 11.1 Å². The summed E-state index contributed by atoms with van der Waals surface area (Å²) in [6, 6.07) is 15.4. The average Bonchev–Trinajstić information content (AvgIpc) is 3.16. The molecule has 0 saturated carbocycles. The quantitative estimate of drug-likeness (QED) is 0.559. The molecule has 4 rings (SSSR count). The van der Waals surface area contributed by atoms with Crippen LogP contribution in [0.15, 0.2) is 73.4 Å². The molecule has 0 radical (unpaired) electrons. The number of pyridine rings is 2. The highest BCUT2D eigenvalue weighted by Crippen LogP contribution is 2.22. The zero-order valence-corrected chi connectivity index (χ0v) is 15.1. The summed E-state index contributed by atoms with van der Waals surface area (Å²) in [4.78, 5) is 27.6. The molecule has 6 heteroatoms. The minimum atomic E-state index is -0.0945. The minimum Gasteiger partial charge on any atom is -0.335 e. The van der Waals surface area contributed by atoms with Crippen LogP contribution in [0.2, 0.25) is 0 Å². The fourth-order valence-electron chi connectivity index (χ4n) is 3.04. The third-order valence-electron chi connectivity index (χ3n) is 4.76. The largest absolute Gasteiger partial charge is 0.335 e. The van der Waals surface area contributed by atoms with Crippen molar-refractivity contribution in [2.75, 3.05) is 7.05 Å². The van der Waals surface area contributed by atoms with Crippen LogP contribution in [0.5, 0.6) is 0 Å². The first kappa shape index (κ1) is 16.9. The molecule has 0 spiro atoms. The summed E-state index contributed by atoms with van der Waals surface area (Å²) in [7, 11) is 1.79. The number of fused-ring (bicyclic) bond motifs is 1. The van der Waals surface area contributed by atoms with Gasteiger partial charge in [0.15, 0.2) is 5.65 Å². The van der Waals surface area contributed by atoms with Gasteiger partial charge in [-0.05, 0) is 42.8 Å². The second-order valence-electron chi connectivity index (χ2n) is 6.39. The van der Waals surface area contributed by atoms with E-state index in [0.717, 1.165) is 16.9 Å². The number of nitrogens with zero attached hydrogens (tertiary/aromatic N) is 5. The number of para-hydroxylation sites is 1. The predicted molar refractivity (Wildman–Crippen MR) is 104 cm³/mol. The molecule has 0 bridgehead atoms. The van der Waals surface area contributed by atoms with Crippen LogP contribution >= 0.6 is 0 Å². The molecule has 1 unspecified atom stereocenters. The molecule has 27 heavy (non-hydrogen) atoms. The number of imidazole rings is 1. The normalized spacial score (nSPS) is 12.1. The lowest BCUT2D eigenvalue weighted by molar-refractivity contribution is 0.0742. The van der Waals surface area contributed by atoms with Crippen LogP contribution in [0.1, 0.15) is 28.9 Å². The molecular weight excluding hydrogens is 338 g/mol. The fraction of sp³-hybridized carbons (Fsp3) is 0.143. The molecule has 0 aliphatic rings. The second-order valence-corrected chi connectivity index (χ2v) is 6.39. The van der Waals surface area contributed by atoms with Crippen LogP contribution in [0, 0.1) is 0 Å². The Labute approximate surface area is 157 Å². The molecular formula is C21H19N5O. The van der Waals surface area contributed by atoms with Gasteiger partial charge in [0, 0.05) is 31.3 Å². The lowest BCUT2D eigenvalue weighted by Crippen LogP contribution is -2.29.